The monoisotopic (exact) mass is 363 g/mol. The van der Waals surface area contributed by atoms with Crippen molar-refractivity contribution in [2.75, 3.05) is 18.5 Å². The molecule has 136 valence electrons. The van der Waals surface area contributed by atoms with Crippen molar-refractivity contribution in [1.29, 1.82) is 0 Å². The molecule has 0 saturated carbocycles. The van der Waals surface area contributed by atoms with Crippen LogP contribution in [-0.2, 0) is 16.6 Å². The number of ether oxygens (including phenoxy) is 2. The van der Waals surface area contributed by atoms with Crippen molar-refractivity contribution in [1.82, 2.24) is 0 Å². The van der Waals surface area contributed by atoms with Gasteiger partial charge in [-0.1, -0.05) is 23.8 Å². The molecule has 0 aromatic heterocycles. The lowest BCUT2D eigenvalue weighted by Gasteiger charge is -2.27. The molecule has 0 radical (unpaired) electrons. The van der Waals surface area contributed by atoms with Gasteiger partial charge in [-0.15, -0.1) is 0 Å². The number of hydrogen-bond acceptors (Lipinski definition) is 4. The van der Waals surface area contributed by atoms with Crippen LogP contribution in [0.5, 0.6) is 11.5 Å². The first kappa shape index (κ1) is 19.1. The highest BCUT2D eigenvalue weighted by molar-refractivity contribution is 7.93. The number of hydrogen-bond donors (Lipinski definition) is 0. The van der Waals surface area contributed by atoms with E-state index in [0.29, 0.717) is 17.2 Å². The van der Waals surface area contributed by atoms with Crippen molar-refractivity contribution in [3.05, 3.63) is 53.6 Å². The number of anilines is 1. The number of nitrogens with zero attached hydrogens (tertiary/aromatic N) is 1. The normalized spacial score (nSPS) is 11.4. The molecule has 0 aliphatic rings. The van der Waals surface area contributed by atoms with E-state index in [1.54, 1.807) is 40.2 Å². The molecular weight excluding hydrogens is 338 g/mol. The van der Waals surface area contributed by atoms with Crippen LogP contribution in [0.25, 0.3) is 0 Å². The first-order valence-electron chi connectivity index (χ1n) is 8.08. The summed E-state index contributed by atoms with van der Waals surface area (Å²) in [5, 5.41) is -0.519. The summed E-state index contributed by atoms with van der Waals surface area (Å²) in [6, 6.07) is 12.9. The van der Waals surface area contributed by atoms with Crippen molar-refractivity contribution >= 4 is 15.7 Å². The van der Waals surface area contributed by atoms with Crippen LogP contribution in [0.15, 0.2) is 42.5 Å². The van der Waals surface area contributed by atoms with Gasteiger partial charge < -0.3 is 9.47 Å². The second-order valence-corrected chi connectivity index (χ2v) is 8.54. The number of methoxy groups -OCH3 is 2. The Morgan fingerprint density at radius 1 is 0.960 bits per heavy atom. The summed E-state index contributed by atoms with van der Waals surface area (Å²) in [6.07, 6.45) is 0. The Morgan fingerprint density at radius 3 is 2.08 bits per heavy atom. The molecule has 0 aliphatic heterocycles. The first-order chi connectivity index (χ1) is 11.8. The summed E-state index contributed by atoms with van der Waals surface area (Å²) in [6.45, 7) is 5.57. The summed E-state index contributed by atoms with van der Waals surface area (Å²) in [7, 11) is -0.349. The molecule has 0 atom stereocenters. The van der Waals surface area contributed by atoms with Crippen molar-refractivity contribution in [2.45, 2.75) is 32.6 Å². The van der Waals surface area contributed by atoms with Gasteiger partial charge in [-0.3, -0.25) is 4.31 Å². The molecule has 0 heterocycles. The van der Waals surface area contributed by atoms with Crippen molar-refractivity contribution in [3.63, 3.8) is 0 Å². The van der Waals surface area contributed by atoms with Gasteiger partial charge in [0.15, 0.2) is 11.5 Å². The number of rotatable bonds is 7. The fraction of sp³-hybridized carbons (Fsp3) is 0.368. The molecule has 2 aromatic carbocycles. The van der Waals surface area contributed by atoms with Gasteiger partial charge in [0.25, 0.3) is 0 Å². The molecule has 5 nitrogen and oxygen atoms in total. The summed E-state index contributed by atoms with van der Waals surface area (Å²) < 4.78 is 37.7. The molecule has 0 saturated heterocycles. The van der Waals surface area contributed by atoms with Crippen molar-refractivity contribution in [2.24, 2.45) is 0 Å². The Bertz CT molecular complexity index is 814. The second-order valence-electron chi connectivity index (χ2n) is 6.13. The fourth-order valence-corrected chi connectivity index (χ4v) is 3.69. The third kappa shape index (κ3) is 4.25. The highest BCUT2D eigenvalue weighted by Gasteiger charge is 2.26. The SMILES string of the molecule is COc1ccc(CN(c2ccc(C)cc2)S(=O)(=O)C(C)C)cc1OC. The van der Waals surface area contributed by atoms with Gasteiger partial charge in [-0.25, -0.2) is 8.42 Å². The molecule has 0 N–H and O–H groups in total. The minimum absolute atomic E-state index is 0.226. The van der Waals surface area contributed by atoms with Gasteiger partial charge in [0.05, 0.1) is 31.7 Å². The Hall–Kier alpha value is -2.21. The molecule has 0 spiro atoms. The van der Waals surface area contributed by atoms with Gasteiger partial charge in [0.1, 0.15) is 0 Å². The zero-order valence-electron chi connectivity index (χ0n) is 15.3. The zero-order valence-corrected chi connectivity index (χ0v) is 16.1. The van der Waals surface area contributed by atoms with Gasteiger partial charge in [-0.05, 0) is 50.6 Å². The van der Waals surface area contributed by atoms with Crippen LogP contribution in [0.2, 0.25) is 0 Å². The number of benzene rings is 2. The Morgan fingerprint density at radius 2 is 1.56 bits per heavy atom. The zero-order chi connectivity index (χ0) is 18.6. The molecular formula is C19H25NO4S. The highest BCUT2D eigenvalue weighted by atomic mass is 32.2. The molecule has 6 heteroatoms. The van der Waals surface area contributed by atoms with Crippen LogP contribution in [0.3, 0.4) is 0 Å². The van der Waals surface area contributed by atoms with E-state index < -0.39 is 15.3 Å². The van der Waals surface area contributed by atoms with E-state index in [1.165, 1.54) is 4.31 Å². The van der Waals surface area contributed by atoms with E-state index in [4.69, 9.17) is 9.47 Å². The fourth-order valence-electron chi connectivity index (χ4n) is 2.44. The van der Waals surface area contributed by atoms with E-state index in [2.05, 4.69) is 0 Å². The second kappa shape index (κ2) is 7.78. The van der Waals surface area contributed by atoms with E-state index in [0.717, 1.165) is 11.1 Å². The topological polar surface area (TPSA) is 55.8 Å². The van der Waals surface area contributed by atoms with Crippen molar-refractivity contribution < 1.29 is 17.9 Å². The smallest absolute Gasteiger partial charge is 0.237 e. The molecule has 0 amide bonds. The maximum atomic E-state index is 12.9. The third-order valence-corrected chi connectivity index (χ3v) is 6.14. The van der Waals surface area contributed by atoms with Crippen LogP contribution in [0, 0.1) is 6.92 Å². The average Bonchev–Trinajstić information content (AvgIpc) is 2.60. The summed E-state index contributed by atoms with van der Waals surface area (Å²) in [4.78, 5) is 0. The molecule has 25 heavy (non-hydrogen) atoms. The van der Waals surface area contributed by atoms with Crippen LogP contribution < -0.4 is 13.8 Å². The maximum absolute atomic E-state index is 12.9. The van der Waals surface area contributed by atoms with Gasteiger partial charge in [0, 0.05) is 0 Å². The van der Waals surface area contributed by atoms with Gasteiger partial charge in [-0.2, -0.15) is 0 Å². The first-order valence-corrected chi connectivity index (χ1v) is 9.59. The Balaban J connectivity index is 2.45. The lowest BCUT2D eigenvalue weighted by Crippen LogP contribution is -2.36. The molecule has 2 aromatic rings. The van der Waals surface area contributed by atoms with Crippen molar-refractivity contribution in [3.8, 4) is 11.5 Å². The number of aryl methyl sites for hydroxylation is 1. The summed E-state index contributed by atoms with van der Waals surface area (Å²) >= 11 is 0. The maximum Gasteiger partial charge on any atom is 0.237 e. The van der Waals surface area contributed by atoms with Crippen LogP contribution >= 0.6 is 0 Å². The predicted molar refractivity (Wildman–Crippen MR) is 101 cm³/mol. The lowest BCUT2D eigenvalue weighted by molar-refractivity contribution is 0.354. The molecule has 0 fully saturated rings. The largest absolute Gasteiger partial charge is 0.493 e. The highest BCUT2D eigenvalue weighted by Crippen LogP contribution is 2.30. The van der Waals surface area contributed by atoms with E-state index in [1.807, 2.05) is 37.3 Å². The molecule has 2 rings (SSSR count). The molecule has 0 aliphatic carbocycles. The Labute approximate surface area is 150 Å². The third-order valence-electron chi connectivity index (χ3n) is 4.00. The van der Waals surface area contributed by atoms with Crippen LogP contribution in [-0.4, -0.2) is 27.9 Å². The standard InChI is InChI=1S/C19H25NO4S/c1-14(2)25(21,22)20(17-9-6-15(3)7-10-17)13-16-8-11-18(23-4)19(12-16)24-5/h6-12,14H,13H2,1-5H3. The quantitative estimate of drug-likeness (QED) is 0.752. The summed E-state index contributed by atoms with van der Waals surface area (Å²) in [5.74, 6) is 1.19. The lowest BCUT2D eigenvalue weighted by atomic mass is 10.2. The van der Waals surface area contributed by atoms with Gasteiger partial charge in [0.2, 0.25) is 10.0 Å². The van der Waals surface area contributed by atoms with Gasteiger partial charge >= 0.3 is 0 Å². The van der Waals surface area contributed by atoms with E-state index in [9.17, 15) is 8.42 Å². The predicted octanol–water partition coefficient (Wildman–Crippen LogP) is 3.76. The van der Waals surface area contributed by atoms with E-state index in [-0.39, 0.29) is 6.54 Å². The molecule has 0 unspecified atom stereocenters. The minimum atomic E-state index is -3.48. The summed E-state index contributed by atoms with van der Waals surface area (Å²) in [5.41, 5.74) is 2.55. The number of sulfonamides is 1. The average molecular weight is 363 g/mol. The van der Waals surface area contributed by atoms with Crippen LogP contribution in [0.1, 0.15) is 25.0 Å². The molecule has 0 bridgehead atoms. The van der Waals surface area contributed by atoms with E-state index >= 15 is 0 Å². The minimum Gasteiger partial charge on any atom is -0.493 e. The Kier molecular flexibility index (Phi) is 5.95. The van der Waals surface area contributed by atoms with Crippen LogP contribution in [0.4, 0.5) is 5.69 Å².